The summed E-state index contributed by atoms with van der Waals surface area (Å²) in [6.07, 6.45) is 10.0. The number of nitrogens with zero attached hydrogens (tertiary/aromatic N) is 5. The highest BCUT2D eigenvalue weighted by Crippen LogP contribution is 2.54. The average Bonchev–Trinajstić information content (AvgIpc) is 1.55. The van der Waals surface area contributed by atoms with E-state index in [9.17, 15) is 0 Å². The summed E-state index contributed by atoms with van der Waals surface area (Å²) in [5.74, 6) is -56.5. The molecule has 0 radical (unpaired) electrons. The Morgan fingerprint density at radius 1 is 0.233 bits per heavy atom. The van der Waals surface area contributed by atoms with E-state index in [0.717, 1.165) is 11.1 Å². The Hall–Kier alpha value is -14.2. The quantitative estimate of drug-likeness (QED) is 0.0618. The van der Waals surface area contributed by atoms with Gasteiger partial charge in [-0.3, -0.25) is 4.90 Å². The molecule has 5 aromatic heterocycles. The van der Waals surface area contributed by atoms with Gasteiger partial charge in [-0.2, -0.15) is 0 Å². The van der Waals surface area contributed by atoms with Crippen molar-refractivity contribution < 1.29 is 87.8 Å². The maximum absolute atomic E-state index is 17.5. The fourth-order valence-electron chi connectivity index (χ4n) is 16.6. The van der Waals surface area contributed by atoms with E-state index >= 15 is 87.8 Å². The Morgan fingerprint density at radius 3 is 0.767 bits per heavy atom. The molecule has 8 aromatic carbocycles. The Kier molecular flexibility index (Phi) is 18.2. The molecule has 0 spiro atoms. The van der Waals surface area contributed by atoms with Crippen LogP contribution in [0.15, 0.2) is 152 Å². The van der Waals surface area contributed by atoms with Crippen molar-refractivity contribution in [2.75, 3.05) is 13.1 Å². The van der Waals surface area contributed by atoms with E-state index in [1.165, 1.54) is 0 Å². The van der Waals surface area contributed by atoms with Crippen LogP contribution in [0.4, 0.5) is 87.8 Å². The second kappa shape index (κ2) is 28.8. The highest BCUT2D eigenvalue weighted by molar-refractivity contribution is 6.02. The molecular formula is C91H45F20N9. The molecule has 6 aliphatic heterocycles. The molecule has 0 aliphatic carbocycles. The lowest BCUT2D eigenvalue weighted by atomic mass is 9.86. The minimum atomic E-state index is -2.74. The van der Waals surface area contributed by atoms with Crippen LogP contribution in [0.2, 0.25) is 0 Å². The first-order valence-corrected chi connectivity index (χ1v) is 36.5. The number of aromatic amines is 4. The standard InChI is InChI=1S/C91H45F20N9/c92-69-65(70(93)78(101)85(108)77(69)100)61-50-27-28-51(115-50)62(66-71(94)79(102)86(109)80(103)72(66)95)53-30-32-55(117-53)64(68-75(98)83(106)88(111)84(107)76(68)99)91-43-36-120(35-42(43)90(119-91)63(54-31-29-52(61)116-54)67-73(96)81(104)87(110)82(105)74(67)97)34-41-33-56-59(39-17-9-3-10-18-39)48-24-23-46(113-48)57(37-13-5-1-6-14-37)44-21-22-45(112-44)58(38-15-7-2-8-16-38)47-25-26-49(114-47)60(89(41)118-56)40-19-11-4-12-20-40/h1-33,42-43,112,115,118-119H,34-36H2. The molecular weight excluding hydrogens is 1600 g/mol. The minimum absolute atomic E-state index is 0.331. The van der Waals surface area contributed by atoms with Gasteiger partial charge < -0.3 is 19.9 Å². The molecule has 1 saturated heterocycles. The lowest BCUT2D eigenvalue weighted by molar-refractivity contribution is 0.323. The van der Waals surface area contributed by atoms with Gasteiger partial charge >= 0.3 is 0 Å². The second-order valence-electron chi connectivity index (χ2n) is 28.6. The van der Waals surface area contributed by atoms with E-state index in [-0.39, 0.29) is 6.54 Å². The molecule has 13 aromatic rings. The zero-order valence-electron chi connectivity index (χ0n) is 60.6. The van der Waals surface area contributed by atoms with Crippen LogP contribution in [0.5, 0.6) is 0 Å². The van der Waals surface area contributed by atoms with Crippen LogP contribution < -0.4 is 0 Å². The van der Waals surface area contributed by atoms with Gasteiger partial charge in [-0.25, -0.2) is 108 Å². The summed E-state index contributed by atoms with van der Waals surface area (Å²) in [7, 11) is 0. The number of aromatic nitrogens is 8. The van der Waals surface area contributed by atoms with Crippen LogP contribution in [-0.4, -0.2) is 57.9 Å². The number of likely N-dealkylation sites (tertiary alicyclic amines) is 1. The van der Waals surface area contributed by atoms with Crippen molar-refractivity contribution in [3.63, 3.8) is 0 Å². The van der Waals surface area contributed by atoms with Gasteiger partial charge in [-0.15, -0.1) is 0 Å². The summed E-state index contributed by atoms with van der Waals surface area (Å²) in [4.78, 5) is 33.6. The van der Waals surface area contributed by atoms with E-state index in [4.69, 9.17) is 9.97 Å². The number of nitrogens with one attached hydrogen (secondary N) is 4. The summed E-state index contributed by atoms with van der Waals surface area (Å²) in [5, 5.41) is 0. The van der Waals surface area contributed by atoms with Crippen LogP contribution in [0.1, 0.15) is 74.3 Å². The number of rotatable bonds is 10. The van der Waals surface area contributed by atoms with Crippen molar-refractivity contribution in [3.05, 3.63) is 331 Å². The minimum Gasteiger partial charge on any atom is -0.361 e. The number of halogens is 20. The summed E-state index contributed by atoms with van der Waals surface area (Å²) in [6, 6.07) is 43.8. The smallest absolute Gasteiger partial charge is 0.200 e. The first-order valence-electron chi connectivity index (χ1n) is 36.5. The first kappa shape index (κ1) is 75.8. The third kappa shape index (κ3) is 11.9. The van der Waals surface area contributed by atoms with Gasteiger partial charge in [0.2, 0.25) is 23.3 Å². The maximum atomic E-state index is 17.5. The number of hydrogen-bond donors (Lipinski definition) is 4. The van der Waals surface area contributed by atoms with E-state index in [0.29, 0.717) is 120 Å². The molecule has 19 rings (SSSR count). The molecule has 0 saturated carbocycles. The molecule has 0 amide bonds. The van der Waals surface area contributed by atoms with Crippen molar-refractivity contribution in [2.45, 2.75) is 18.4 Å². The molecule has 2 atom stereocenters. The summed E-state index contributed by atoms with van der Waals surface area (Å²) < 4.78 is 327. The van der Waals surface area contributed by atoms with Crippen LogP contribution in [-0.2, 0) is 6.54 Å². The molecule has 120 heavy (non-hydrogen) atoms. The molecule has 1 fully saturated rings. The number of H-pyrrole nitrogens is 4. The van der Waals surface area contributed by atoms with Crippen LogP contribution in [0, 0.1) is 116 Å². The Bertz CT molecular complexity index is 6860. The monoisotopic (exact) mass is 1640 g/mol. The van der Waals surface area contributed by atoms with Crippen LogP contribution in [0.3, 0.4) is 0 Å². The normalized spacial score (nSPS) is 14.5. The second-order valence-corrected chi connectivity index (χ2v) is 28.6. The van der Waals surface area contributed by atoms with Gasteiger partial charge in [0, 0.05) is 115 Å². The van der Waals surface area contributed by atoms with Crippen molar-refractivity contribution >= 4 is 81.7 Å². The summed E-state index contributed by atoms with van der Waals surface area (Å²) >= 11 is 0. The van der Waals surface area contributed by atoms with Crippen LogP contribution in [0.25, 0.3) is 171 Å². The number of hydrogen-bond acceptors (Lipinski definition) is 5. The molecule has 29 heteroatoms. The lowest BCUT2D eigenvalue weighted by Gasteiger charge is -2.19. The highest BCUT2D eigenvalue weighted by Gasteiger charge is 2.46. The van der Waals surface area contributed by atoms with Gasteiger partial charge in [0.25, 0.3) is 0 Å². The number of benzene rings is 8. The Labute approximate surface area is 662 Å². The van der Waals surface area contributed by atoms with Crippen LogP contribution >= 0.6 is 0 Å². The predicted molar refractivity (Wildman–Crippen MR) is 412 cm³/mol. The third-order valence-corrected chi connectivity index (χ3v) is 21.9. The van der Waals surface area contributed by atoms with E-state index in [1.807, 2.05) is 103 Å². The van der Waals surface area contributed by atoms with Gasteiger partial charge in [-0.05, 0) is 107 Å². The molecule has 16 bridgehead atoms. The van der Waals surface area contributed by atoms with E-state index in [1.54, 1.807) is 65.6 Å². The van der Waals surface area contributed by atoms with Gasteiger partial charge in [0.1, 0.15) is 0 Å². The maximum Gasteiger partial charge on any atom is 0.200 e. The zero-order chi connectivity index (χ0) is 83.4. The number of fused-ring (bicyclic) bond motifs is 19. The van der Waals surface area contributed by atoms with Crippen molar-refractivity contribution in [1.29, 1.82) is 0 Å². The van der Waals surface area contributed by atoms with Crippen molar-refractivity contribution in [2.24, 2.45) is 0 Å². The van der Waals surface area contributed by atoms with Gasteiger partial charge in [-0.1, -0.05) is 121 Å². The topological polar surface area (TPSA) is 118 Å². The third-order valence-electron chi connectivity index (χ3n) is 21.9. The largest absolute Gasteiger partial charge is 0.361 e. The Balaban J connectivity index is 0.949. The molecule has 2 unspecified atom stereocenters. The SMILES string of the molecule is Fc1c(F)c(F)c(-c2c3nc(c(-c4c(F)c(F)c(F)c(F)c4F)c4ccc([nH]4)c(-c4c(F)c(F)c(F)c(F)c4F)c4nc(c(-c5c(F)c(F)c(F)c(F)c5F)c5[nH]c2C2CN(Cc6cc7[nH]c6c(-c6ccccc6)c6nc(c(-c8ccccc8)c8ccc([nH]8)c(-c8ccccc8)c8nc(c7-c7ccccc7)C=C8)C=C6)CC52)C=C4)C=C3)c(F)c1F. The predicted octanol–water partition coefficient (Wildman–Crippen LogP) is 24.8. The summed E-state index contributed by atoms with van der Waals surface area (Å²) in [5.41, 5.74) is -11.1. The van der Waals surface area contributed by atoms with Gasteiger partial charge in [0.05, 0.1) is 73.3 Å². The summed E-state index contributed by atoms with van der Waals surface area (Å²) in [6.45, 7) is -1.51. The molecule has 6 aliphatic rings. The first-order chi connectivity index (χ1) is 57.8. The highest BCUT2D eigenvalue weighted by atomic mass is 19.2. The van der Waals surface area contributed by atoms with Gasteiger partial charge in [0.15, 0.2) is 93.1 Å². The molecule has 4 N–H and O–H groups in total. The molecule has 594 valence electrons. The fraction of sp³-hybridized carbons (Fsp3) is 0.0549. The fourth-order valence-corrected chi connectivity index (χ4v) is 16.6. The van der Waals surface area contributed by atoms with E-state index in [2.05, 4.69) is 29.9 Å². The molecule has 9 nitrogen and oxygen atoms in total. The van der Waals surface area contributed by atoms with E-state index < -0.39 is 231 Å². The lowest BCUT2D eigenvalue weighted by Crippen LogP contribution is -2.21. The van der Waals surface area contributed by atoms with Crippen molar-refractivity contribution in [3.8, 4) is 89.0 Å². The van der Waals surface area contributed by atoms with Crippen molar-refractivity contribution in [1.82, 2.24) is 44.8 Å². The zero-order valence-corrected chi connectivity index (χ0v) is 60.6. The Morgan fingerprint density at radius 2 is 0.467 bits per heavy atom. The molecule has 11 heterocycles. The average molecular weight is 1640 g/mol.